The fourth-order valence-electron chi connectivity index (χ4n) is 6.39. The number of nitrogens with two attached hydrogens (primary N) is 7. The highest BCUT2D eigenvalue weighted by molar-refractivity contribution is 5.02. The molecular weight excluding hydrogens is 558 g/mol. The Hall–Kier alpha value is -0.680. The summed E-state index contributed by atoms with van der Waals surface area (Å²) in [6, 6.07) is -3.40. The molecule has 0 unspecified atom stereocenters. The molecule has 18 atom stereocenters. The van der Waals surface area contributed by atoms with E-state index >= 15 is 0 Å². The van der Waals surface area contributed by atoms with Gasteiger partial charge in [-0.1, -0.05) is 0 Å². The van der Waals surface area contributed by atoms with Gasteiger partial charge >= 0.3 is 0 Å². The van der Waals surface area contributed by atoms with E-state index in [0.717, 1.165) is 0 Å². The third kappa shape index (κ3) is 7.08. The fourth-order valence-corrected chi connectivity index (χ4v) is 6.39. The van der Waals surface area contributed by atoms with Crippen molar-refractivity contribution >= 4 is 0 Å². The largest absolute Gasteiger partial charge is 0.394 e. The fraction of sp³-hybridized carbons (Fsp3) is 1.00. The highest BCUT2D eigenvalue weighted by Crippen LogP contribution is 2.35. The molecule has 0 spiro atoms. The van der Waals surface area contributed by atoms with Gasteiger partial charge < -0.3 is 89.4 Å². The molecule has 2 heterocycles. The molecule has 42 heavy (non-hydrogen) atoms. The van der Waals surface area contributed by atoms with Crippen LogP contribution in [0, 0.1) is 5.92 Å². The van der Waals surface area contributed by atoms with Gasteiger partial charge in [0.2, 0.25) is 0 Å². The maximum atomic E-state index is 11.2. The molecule has 19 N–H and O–H groups in total. The summed E-state index contributed by atoms with van der Waals surface area (Å²) in [4.78, 5) is 0. The smallest absolute Gasteiger partial charge is 0.187 e. The van der Waals surface area contributed by atoms with Crippen LogP contribution in [0.3, 0.4) is 0 Å². The van der Waals surface area contributed by atoms with Gasteiger partial charge in [-0.15, -0.1) is 0 Å². The lowest BCUT2D eigenvalue weighted by molar-refractivity contribution is -0.289. The molecule has 17 heteroatoms. The minimum atomic E-state index is -1.46. The van der Waals surface area contributed by atoms with Crippen molar-refractivity contribution in [3.8, 4) is 0 Å². The first-order valence-electron chi connectivity index (χ1n) is 14.7. The van der Waals surface area contributed by atoms with Crippen LogP contribution in [0.15, 0.2) is 0 Å². The molecule has 2 saturated heterocycles. The predicted octanol–water partition coefficient (Wildman–Crippen LogP) is -6.85. The molecule has 4 rings (SSSR count). The molecule has 4 fully saturated rings. The number of aliphatic hydroxyl groups is 5. The highest BCUT2D eigenvalue weighted by atomic mass is 16.7. The van der Waals surface area contributed by atoms with Gasteiger partial charge in [0.05, 0.1) is 49.2 Å². The van der Waals surface area contributed by atoms with Gasteiger partial charge in [-0.2, -0.15) is 0 Å². The number of aliphatic hydroxyl groups excluding tert-OH is 5. The Morgan fingerprint density at radius 3 is 2.05 bits per heavy atom. The van der Waals surface area contributed by atoms with Crippen LogP contribution < -0.4 is 40.1 Å². The number of hydrogen-bond acceptors (Lipinski definition) is 17. The molecule has 0 aromatic rings. The van der Waals surface area contributed by atoms with Gasteiger partial charge in [-0.3, -0.25) is 0 Å². The second-order valence-electron chi connectivity index (χ2n) is 12.1. The topological polar surface area (TPSA) is 329 Å². The lowest BCUT2D eigenvalue weighted by atomic mass is 9.79. The summed E-state index contributed by atoms with van der Waals surface area (Å²) >= 11 is 0. The van der Waals surface area contributed by atoms with Gasteiger partial charge in [0, 0.05) is 30.6 Å². The molecule has 2 aliphatic heterocycles. The summed E-state index contributed by atoms with van der Waals surface area (Å²) in [6.45, 7) is -0.258. The summed E-state index contributed by atoms with van der Waals surface area (Å²) in [5.74, 6) is -0.491. The Morgan fingerprint density at radius 2 is 1.40 bits per heavy atom. The van der Waals surface area contributed by atoms with E-state index in [1.165, 1.54) is 0 Å². The van der Waals surface area contributed by atoms with Crippen LogP contribution in [-0.2, 0) is 23.7 Å². The average molecular weight is 610 g/mol. The second kappa shape index (κ2) is 14.6. The second-order valence-corrected chi connectivity index (χ2v) is 12.1. The Balaban J connectivity index is 1.48. The van der Waals surface area contributed by atoms with E-state index < -0.39 is 110 Å². The van der Waals surface area contributed by atoms with E-state index in [4.69, 9.17) is 63.8 Å². The summed E-state index contributed by atoms with van der Waals surface area (Å²) < 4.78 is 30.2. The Labute approximate surface area is 244 Å². The molecule has 0 bridgehead atoms. The van der Waals surface area contributed by atoms with Crippen molar-refractivity contribution in [2.24, 2.45) is 46.1 Å². The zero-order valence-electron chi connectivity index (χ0n) is 23.7. The van der Waals surface area contributed by atoms with Gasteiger partial charge in [0.15, 0.2) is 12.6 Å². The lowest BCUT2D eigenvalue weighted by Gasteiger charge is -2.46. The molecule has 2 saturated carbocycles. The van der Waals surface area contributed by atoms with Crippen LogP contribution in [0.5, 0.6) is 0 Å². The van der Waals surface area contributed by atoms with E-state index in [2.05, 4.69) is 0 Å². The summed E-state index contributed by atoms with van der Waals surface area (Å²) in [5, 5.41) is 52.9. The van der Waals surface area contributed by atoms with Gasteiger partial charge in [0.25, 0.3) is 0 Å². The van der Waals surface area contributed by atoms with E-state index in [1.807, 2.05) is 0 Å². The van der Waals surface area contributed by atoms with E-state index in [-0.39, 0.29) is 32.0 Å². The maximum absolute atomic E-state index is 11.2. The van der Waals surface area contributed by atoms with Crippen LogP contribution in [-0.4, -0.2) is 149 Å². The van der Waals surface area contributed by atoms with E-state index in [1.54, 1.807) is 0 Å². The SMILES string of the molecule is NC[C@@H]1C[C@H](O[C@H]2[C@@H](O)[C@H](O[C@@H]3[C@@H](O)[C@H](N)C[C@H](N)[C@H]3O[C@H]3O[C@H]([C@@H](N)CN)CC[C@H]3N)O[C@@H]2CO)[C@H](N)[C@@H](O)[C@@H]1O. The third-order valence-electron chi connectivity index (χ3n) is 9.14. The quantitative estimate of drug-likeness (QED) is 0.109. The van der Waals surface area contributed by atoms with Crippen LogP contribution in [0.4, 0.5) is 0 Å². The van der Waals surface area contributed by atoms with Crippen LogP contribution in [0.25, 0.3) is 0 Å². The van der Waals surface area contributed by atoms with Crippen molar-refractivity contribution < 1.29 is 49.2 Å². The third-order valence-corrected chi connectivity index (χ3v) is 9.14. The van der Waals surface area contributed by atoms with Gasteiger partial charge in [-0.05, 0) is 32.2 Å². The van der Waals surface area contributed by atoms with E-state index in [0.29, 0.717) is 12.8 Å². The van der Waals surface area contributed by atoms with Gasteiger partial charge in [0.1, 0.15) is 30.5 Å². The van der Waals surface area contributed by atoms with Crippen LogP contribution in [0.2, 0.25) is 0 Å². The maximum Gasteiger partial charge on any atom is 0.187 e. The normalized spacial score (nSPS) is 51.0. The first kappa shape index (κ1) is 34.2. The first-order valence-corrected chi connectivity index (χ1v) is 14.7. The standard InChI is InChI=1S/C25H51N7O10/c26-5-8-3-14(16(32)19(36)17(8)34)38-22-15(7-33)40-25(20(22)37)42-23-18(35)10(29)4-11(30)21(23)41-24-9(28)1-2-13(39-24)12(31)6-27/h8-25,33-37H,1-7,26-32H2/t8-,9+,10+,11-,12-,13-,14-,15+,16-,17+,18-,19+,20+,21+,22+,23+,24+,25-/m0/s1. The Morgan fingerprint density at radius 1 is 0.714 bits per heavy atom. The molecule has 0 amide bonds. The lowest BCUT2D eigenvalue weighted by Crippen LogP contribution is -2.65. The molecule has 2 aliphatic carbocycles. The molecule has 0 radical (unpaired) electrons. The first-order chi connectivity index (χ1) is 19.9. The molecular formula is C25H51N7O10. The molecule has 246 valence electrons. The Bertz CT molecular complexity index is 853. The van der Waals surface area contributed by atoms with Crippen LogP contribution >= 0.6 is 0 Å². The van der Waals surface area contributed by atoms with Crippen molar-refractivity contribution in [3.63, 3.8) is 0 Å². The summed E-state index contributed by atoms with van der Waals surface area (Å²) in [6.07, 6.45) is -11.5. The summed E-state index contributed by atoms with van der Waals surface area (Å²) in [5.41, 5.74) is 42.5. The van der Waals surface area contributed by atoms with Crippen LogP contribution in [0.1, 0.15) is 25.7 Å². The van der Waals surface area contributed by atoms with Crippen molar-refractivity contribution in [3.05, 3.63) is 0 Å². The number of ether oxygens (including phenoxy) is 5. The monoisotopic (exact) mass is 609 g/mol. The zero-order chi connectivity index (χ0) is 30.9. The molecule has 0 aromatic carbocycles. The van der Waals surface area contributed by atoms with Crippen molar-refractivity contribution in [1.29, 1.82) is 0 Å². The number of rotatable bonds is 10. The van der Waals surface area contributed by atoms with E-state index in [9.17, 15) is 25.5 Å². The van der Waals surface area contributed by atoms with Crippen molar-refractivity contribution in [1.82, 2.24) is 0 Å². The number of hydrogen-bond donors (Lipinski definition) is 12. The molecule has 4 aliphatic rings. The highest BCUT2D eigenvalue weighted by Gasteiger charge is 2.53. The molecule has 17 nitrogen and oxygen atoms in total. The predicted molar refractivity (Wildman–Crippen MR) is 147 cm³/mol. The minimum absolute atomic E-state index is 0.0818. The average Bonchev–Trinajstić information content (AvgIpc) is 3.27. The molecule has 0 aromatic heterocycles. The van der Waals surface area contributed by atoms with Gasteiger partial charge in [-0.25, -0.2) is 0 Å². The van der Waals surface area contributed by atoms with Crippen molar-refractivity contribution in [2.45, 2.75) is 130 Å². The zero-order valence-corrected chi connectivity index (χ0v) is 23.7. The minimum Gasteiger partial charge on any atom is -0.394 e. The summed E-state index contributed by atoms with van der Waals surface area (Å²) in [7, 11) is 0. The Kier molecular flexibility index (Phi) is 11.9. The van der Waals surface area contributed by atoms with Crippen molar-refractivity contribution in [2.75, 3.05) is 19.7 Å².